The van der Waals surface area contributed by atoms with Crippen molar-refractivity contribution in [1.29, 1.82) is 0 Å². The molecular weight excluding hydrogens is 190 g/mol. The van der Waals surface area contributed by atoms with Crippen molar-refractivity contribution in [3.05, 3.63) is 35.4 Å². The van der Waals surface area contributed by atoms with Gasteiger partial charge in [0, 0.05) is 13.1 Å². The first-order chi connectivity index (χ1) is 7.01. The molecule has 15 heavy (non-hydrogen) atoms. The smallest absolute Gasteiger partial charge is 0.0715 e. The molecule has 1 rings (SSSR count). The van der Waals surface area contributed by atoms with E-state index < -0.39 is 5.60 Å². The Labute approximate surface area is 90.8 Å². The third-order valence-corrected chi connectivity index (χ3v) is 2.06. The lowest BCUT2D eigenvalue weighted by atomic mass is 10.1. The molecule has 0 bridgehead atoms. The summed E-state index contributed by atoms with van der Waals surface area (Å²) in [4.78, 5) is 0. The second-order valence-electron chi connectivity index (χ2n) is 4.39. The van der Waals surface area contributed by atoms with E-state index in [4.69, 9.17) is 5.11 Å². The Morgan fingerprint density at radius 3 is 2.53 bits per heavy atom. The summed E-state index contributed by atoms with van der Waals surface area (Å²) in [5.41, 5.74) is 1.34. The standard InChI is InChI=1S/C12H19NO2/c1-12(2,15)9-13-7-10-4-3-5-11(6-10)8-14/h3-6,13-15H,7-9H2,1-2H3. The zero-order valence-corrected chi connectivity index (χ0v) is 9.33. The molecule has 3 nitrogen and oxygen atoms in total. The van der Waals surface area contributed by atoms with E-state index >= 15 is 0 Å². The lowest BCUT2D eigenvalue weighted by molar-refractivity contribution is 0.0795. The molecule has 0 aliphatic carbocycles. The highest BCUT2D eigenvalue weighted by Crippen LogP contribution is 2.05. The van der Waals surface area contributed by atoms with E-state index in [0.29, 0.717) is 13.1 Å². The van der Waals surface area contributed by atoms with Crippen molar-refractivity contribution in [1.82, 2.24) is 5.32 Å². The molecule has 0 aliphatic heterocycles. The molecule has 3 N–H and O–H groups in total. The van der Waals surface area contributed by atoms with Gasteiger partial charge in [-0.05, 0) is 25.0 Å². The van der Waals surface area contributed by atoms with E-state index in [2.05, 4.69) is 5.32 Å². The van der Waals surface area contributed by atoms with Crippen LogP contribution < -0.4 is 5.32 Å². The molecule has 0 spiro atoms. The van der Waals surface area contributed by atoms with E-state index in [0.717, 1.165) is 11.1 Å². The van der Waals surface area contributed by atoms with Gasteiger partial charge in [-0.1, -0.05) is 24.3 Å². The number of hydrogen-bond donors (Lipinski definition) is 3. The Balaban J connectivity index is 2.44. The minimum atomic E-state index is -0.686. The number of aliphatic hydroxyl groups is 2. The molecule has 1 aromatic rings. The van der Waals surface area contributed by atoms with Gasteiger partial charge >= 0.3 is 0 Å². The Hall–Kier alpha value is -0.900. The van der Waals surface area contributed by atoms with E-state index in [1.54, 1.807) is 13.8 Å². The average Bonchev–Trinajstić information content (AvgIpc) is 2.16. The molecule has 0 aliphatic rings. The SMILES string of the molecule is CC(C)(O)CNCc1cccc(CO)c1. The van der Waals surface area contributed by atoms with E-state index in [1.807, 2.05) is 24.3 Å². The van der Waals surface area contributed by atoms with Gasteiger partial charge < -0.3 is 15.5 Å². The number of hydrogen-bond acceptors (Lipinski definition) is 3. The largest absolute Gasteiger partial charge is 0.392 e. The fourth-order valence-corrected chi connectivity index (χ4v) is 1.35. The predicted octanol–water partition coefficient (Wildman–Crippen LogP) is 1.04. The summed E-state index contributed by atoms with van der Waals surface area (Å²) in [5.74, 6) is 0. The van der Waals surface area contributed by atoms with Crippen molar-refractivity contribution in [3.63, 3.8) is 0 Å². The van der Waals surface area contributed by atoms with Gasteiger partial charge in [0.1, 0.15) is 0 Å². The summed E-state index contributed by atoms with van der Waals surface area (Å²) in [7, 11) is 0. The highest BCUT2D eigenvalue weighted by molar-refractivity contribution is 5.22. The summed E-state index contributed by atoms with van der Waals surface area (Å²) in [6, 6.07) is 7.76. The third-order valence-electron chi connectivity index (χ3n) is 2.06. The Morgan fingerprint density at radius 2 is 1.93 bits per heavy atom. The lowest BCUT2D eigenvalue weighted by Gasteiger charge is -2.17. The monoisotopic (exact) mass is 209 g/mol. The molecule has 0 amide bonds. The first-order valence-electron chi connectivity index (χ1n) is 5.13. The van der Waals surface area contributed by atoms with Crippen LogP contribution in [-0.2, 0) is 13.2 Å². The van der Waals surface area contributed by atoms with Crippen LogP contribution in [0, 0.1) is 0 Å². The third kappa shape index (κ3) is 4.93. The highest BCUT2D eigenvalue weighted by Gasteiger charge is 2.10. The molecule has 0 aromatic heterocycles. The molecule has 0 fully saturated rings. The highest BCUT2D eigenvalue weighted by atomic mass is 16.3. The first-order valence-corrected chi connectivity index (χ1v) is 5.13. The van der Waals surface area contributed by atoms with Gasteiger partial charge in [0.25, 0.3) is 0 Å². The summed E-state index contributed by atoms with van der Waals surface area (Å²) >= 11 is 0. The first kappa shape index (κ1) is 12.2. The van der Waals surface area contributed by atoms with Crippen molar-refractivity contribution in [2.45, 2.75) is 32.6 Å². The quantitative estimate of drug-likeness (QED) is 0.679. The van der Waals surface area contributed by atoms with Crippen LogP contribution in [0.15, 0.2) is 24.3 Å². The molecule has 0 saturated carbocycles. The van der Waals surface area contributed by atoms with Crippen LogP contribution in [0.2, 0.25) is 0 Å². The number of aliphatic hydroxyl groups excluding tert-OH is 1. The van der Waals surface area contributed by atoms with Gasteiger partial charge in [-0.15, -0.1) is 0 Å². The van der Waals surface area contributed by atoms with E-state index in [-0.39, 0.29) is 6.61 Å². The minimum absolute atomic E-state index is 0.0688. The average molecular weight is 209 g/mol. The lowest BCUT2D eigenvalue weighted by Crippen LogP contribution is -2.34. The minimum Gasteiger partial charge on any atom is -0.392 e. The number of nitrogens with one attached hydrogen (secondary N) is 1. The fourth-order valence-electron chi connectivity index (χ4n) is 1.35. The number of benzene rings is 1. The van der Waals surface area contributed by atoms with E-state index in [1.165, 1.54) is 0 Å². The molecule has 84 valence electrons. The molecule has 3 heteroatoms. The van der Waals surface area contributed by atoms with Crippen LogP contribution >= 0.6 is 0 Å². The summed E-state index contributed by atoms with van der Waals surface area (Å²) in [6.07, 6.45) is 0. The fraction of sp³-hybridized carbons (Fsp3) is 0.500. The van der Waals surface area contributed by atoms with Gasteiger partial charge in [0.05, 0.1) is 12.2 Å². The Kier molecular flexibility index (Phi) is 4.27. The van der Waals surface area contributed by atoms with Gasteiger partial charge in [-0.3, -0.25) is 0 Å². The van der Waals surface area contributed by atoms with Gasteiger partial charge in [-0.2, -0.15) is 0 Å². The molecule has 0 heterocycles. The maximum absolute atomic E-state index is 9.49. The second kappa shape index (κ2) is 5.26. The van der Waals surface area contributed by atoms with Crippen molar-refractivity contribution in [3.8, 4) is 0 Å². The zero-order valence-electron chi connectivity index (χ0n) is 9.33. The Morgan fingerprint density at radius 1 is 1.27 bits per heavy atom. The maximum Gasteiger partial charge on any atom is 0.0715 e. The van der Waals surface area contributed by atoms with Crippen molar-refractivity contribution in [2.75, 3.05) is 6.54 Å². The molecule has 0 radical (unpaired) electrons. The van der Waals surface area contributed by atoms with Crippen LogP contribution in [0.4, 0.5) is 0 Å². The second-order valence-corrected chi connectivity index (χ2v) is 4.39. The van der Waals surface area contributed by atoms with Crippen molar-refractivity contribution in [2.24, 2.45) is 0 Å². The van der Waals surface area contributed by atoms with Gasteiger partial charge in [0.15, 0.2) is 0 Å². The molecule has 1 aromatic carbocycles. The zero-order chi connectivity index (χ0) is 11.3. The van der Waals surface area contributed by atoms with Crippen LogP contribution in [0.5, 0.6) is 0 Å². The van der Waals surface area contributed by atoms with Crippen LogP contribution in [0.1, 0.15) is 25.0 Å². The number of rotatable bonds is 5. The van der Waals surface area contributed by atoms with Gasteiger partial charge in [-0.25, -0.2) is 0 Å². The summed E-state index contributed by atoms with van der Waals surface area (Å²) in [5, 5.41) is 21.6. The van der Waals surface area contributed by atoms with Crippen LogP contribution in [0.3, 0.4) is 0 Å². The molecule has 0 atom stereocenters. The van der Waals surface area contributed by atoms with Crippen LogP contribution in [-0.4, -0.2) is 22.4 Å². The summed E-state index contributed by atoms with van der Waals surface area (Å²) < 4.78 is 0. The van der Waals surface area contributed by atoms with Crippen LogP contribution in [0.25, 0.3) is 0 Å². The Bertz CT molecular complexity index is 305. The topological polar surface area (TPSA) is 52.5 Å². The maximum atomic E-state index is 9.49. The molecule has 0 unspecified atom stereocenters. The normalized spacial score (nSPS) is 11.7. The molecule has 0 saturated heterocycles. The van der Waals surface area contributed by atoms with Crippen molar-refractivity contribution < 1.29 is 10.2 Å². The van der Waals surface area contributed by atoms with Gasteiger partial charge in [0.2, 0.25) is 0 Å². The summed E-state index contributed by atoms with van der Waals surface area (Å²) in [6.45, 7) is 4.86. The van der Waals surface area contributed by atoms with E-state index in [9.17, 15) is 5.11 Å². The predicted molar refractivity (Wildman–Crippen MR) is 60.4 cm³/mol. The van der Waals surface area contributed by atoms with Crippen molar-refractivity contribution >= 4 is 0 Å². The molecular formula is C12H19NO2.